The number of pyridine rings is 1. The van der Waals surface area contributed by atoms with Crippen molar-refractivity contribution in [1.29, 1.82) is 0 Å². The van der Waals surface area contributed by atoms with Crippen LogP contribution >= 0.6 is 0 Å². The molecule has 6 nitrogen and oxygen atoms in total. The highest BCUT2D eigenvalue weighted by Crippen LogP contribution is 2.24. The van der Waals surface area contributed by atoms with Crippen LogP contribution in [0.15, 0.2) is 36.4 Å². The molecule has 0 aliphatic heterocycles. The number of nitrogens with two attached hydrogens (primary N) is 1. The van der Waals surface area contributed by atoms with Crippen molar-refractivity contribution in [3.63, 3.8) is 0 Å². The molecule has 2 rings (SSSR count). The number of nitrogens with one attached hydrogen (secondary N) is 1. The highest BCUT2D eigenvalue weighted by molar-refractivity contribution is 5.64. The Morgan fingerprint density at radius 2 is 2.00 bits per heavy atom. The molecule has 0 aliphatic carbocycles. The molecule has 0 unspecified atom stereocenters. The Bertz CT molecular complexity index is 598. The van der Waals surface area contributed by atoms with Gasteiger partial charge in [-0.15, -0.1) is 0 Å². The molecule has 0 saturated heterocycles. The van der Waals surface area contributed by atoms with Gasteiger partial charge in [-0.05, 0) is 24.6 Å². The fraction of sp³-hybridized carbons (Fsp3) is 0.0833. The number of nitrogen functional groups attached to an aromatic ring is 1. The summed E-state index contributed by atoms with van der Waals surface area (Å²) in [6.45, 7) is 1.96. The van der Waals surface area contributed by atoms with E-state index < -0.39 is 4.92 Å². The summed E-state index contributed by atoms with van der Waals surface area (Å²) in [6, 6.07) is 10.5. The van der Waals surface area contributed by atoms with E-state index in [4.69, 9.17) is 5.73 Å². The maximum atomic E-state index is 10.6. The second-order valence-electron chi connectivity index (χ2n) is 3.80. The summed E-state index contributed by atoms with van der Waals surface area (Å²) in [6.07, 6.45) is 0. The van der Waals surface area contributed by atoms with Crippen LogP contribution in [-0.2, 0) is 0 Å². The van der Waals surface area contributed by atoms with E-state index in [9.17, 15) is 10.1 Å². The van der Waals surface area contributed by atoms with E-state index in [0.717, 1.165) is 11.3 Å². The summed E-state index contributed by atoms with van der Waals surface area (Å²) in [5.74, 6) is 0.381. The van der Waals surface area contributed by atoms with E-state index in [1.165, 1.54) is 12.1 Å². The molecule has 0 spiro atoms. The fourth-order valence-corrected chi connectivity index (χ4v) is 1.54. The lowest BCUT2D eigenvalue weighted by Crippen LogP contribution is -2.02. The monoisotopic (exact) mass is 244 g/mol. The third-order valence-electron chi connectivity index (χ3n) is 2.51. The Hall–Kier alpha value is -2.63. The van der Waals surface area contributed by atoms with Crippen LogP contribution in [0.3, 0.4) is 0 Å². The zero-order valence-electron chi connectivity index (χ0n) is 9.75. The van der Waals surface area contributed by atoms with Crippen LogP contribution in [0.25, 0.3) is 0 Å². The van der Waals surface area contributed by atoms with Crippen LogP contribution in [0.5, 0.6) is 0 Å². The highest BCUT2D eigenvalue weighted by atomic mass is 16.6. The first-order valence-corrected chi connectivity index (χ1v) is 5.31. The van der Waals surface area contributed by atoms with Gasteiger partial charge in [0.2, 0.25) is 5.82 Å². The molecule has 1 aromatic heterocycles. The SMILES string of the molecule is Cc1ccccc1Nc1ccc([N+](=O)[O-])c(N)n1. The van der Waals surface area contributed by atoms with Crippen LogP contribution in [0, 0.1) is 17.0 Å². The minimum atomic E-state index is -0.556. The summed E-state index contributed by atoms with van der Waals surface area (Å²) in [5.41, 5.74) is 7.27. The second-order valence-corrected chi connectivity index (χ2v) is 3.80. The smallest absolute Gasteiger partial charge is 0.311 e. The van der Waals surface area contributed by atoms with Crippen molar-refractivity contribution < 1.29 is 4.92 Å². The van der Waals surface area contributed by atoms with Crippen LogP contribution in [0.4, 0.5) is 23.0 Å². The molecule has 0 fully saturated rings. The number of rotatable bonds is 3. The molecule has 1 heterocycles. The summed E-state index contributed by atoms with van der Waals surface area (Å²) >= 11 is 0. The minimum absolute atomic E-state index is 0.0985. The van der Waals surface area contributed by atoms with E-state index in [0.29, 0.717) is 5.82 Å². The molecular weight excluding hydrogens is 232 g/mol. The third-order valence-corrected chi connectivity index (χ3v) is 2.51. The Morgan fingerprint density at radius 1 is 1.28 bits per heavy atom. The zero-order chi connectivity index (χ0) is 13.1. The highest BCUT2D eigenvalue weighted by Gasteiger charge is 2.12. The predicted molar refractivity (Wildman–Crippen MR) is 69.8 cm³/mol. The maximum Gasteiger partial charge on any atom is 0.311 e. The van der Waals surface area contributed by atoms with Gasteiger partial charge in [0.25, 0.3) is 0 Å². The molecule has 0 bridgehead atoms. The zero-order valence-corrected chi connectivity index (χ0v) is 9.75. The first-order chi connectivity index (χ1) is 8.58. The molecule has 3 N–H and O–H groups in total. The fourth-order valence-electron chi connectivity index (χ4n) is 1.54. The van der Waals surface area contributed by atoms with Crippen molar-refractivity contribution in [2.45, 2.75) is 6.92 Å². The summed E-state index contributed by atoms with van der Waals surface area (Å²) in [5, 5.41) is 13.7. The Morgan fingerprint density at radius 3 is 2.61 bits per heavy atom. The van der Waals surface area contributed by atoms with Crippen molar-refractivity contribution in [2.75, 3.05) is 11.1 Å². The van der Waals surface area contributed by atoms with Crippen LogP contribution in [0.2, 0.25) is 0 Å². The number of nitro groups is 1. The van der Waals surface area contributed by atoms with Gasteiger partial charge >= 0.3 is 5.69 Å². The van der Waals surface area contributed by atoms with E-state index in [2.05, 4.69) is 10.3 Å². The summed E-state index contributed by atoms with van der Waals surface area (Å²) in [4.78, 5) is 14.0. The molecule has 0 saturated carbocycles. The number of aryl methyl sites for hydroxylation is 1. The number of benzene rings is 1. The average Bonchev–Trinajstić information content (AvgIpc) is 2.32. The number of nitrogens with zero attached hydrogens (tertiary/aromatic N) is 2. The van der Waals surface area contributed by atoms with Crippen molar-refractivity contribution in [3.05, 3.63) is 52.1 Å². The lowest BCUT2D eigenvalue weighted by atomic mass is 10.2. The Balaban J connectivity index is 2.29. The number of hydrogen-bond donors (Lipinski definition) is 2. The number of aromatic nitrogens is 1. The van der Waals surface area contributed by atoms with E-state index in [-0.39, 0.29) is 11.5 Å². The Kier molecular flexibility index (Phi) is 3.09. The van der Waals surface area contributed by atoms with Crippen molar-refractivity contribution in [3.8, 4) is 0 Å². The molecule has 2 aromatic rings. The van der Waals surface area contributed by atoms with Crippen LogP contribution in [0.1, 0.15) is 5.56 Å². The van der Waals surface area contributed by atoms with Crippen molar-refractivity contribution in [1.82, 2.24) is 4.98 Å². The van der Waals surface area contributed by atoms with Gasteiger partial charge in [0.15, 0.2) is 0 Å². The summed E-state index contributed by atoms with van der Waals surface area (Å²) in [7, 11) is 0. The molecule has 6 heteroatoms. The van der Waals surface area contributed by atoms with E-state index in [1.54, 1.807) is 0 Å². The van der Waals surface area contributed by atoms with Gasteiger partial charge in [-0.25, -0.2) is 4.98 Å². The van der Waals surface area contributed by atoms with Gasteiger partial charge in [0, 0.05) is 11.8 Å². The molecule has 0 amide bonds. The van der Waals surface area contributed by atoms with Crippen molar-refractivity contribution >= 4 is 23.0 Å². The standard InChI is InChI=1S/C12H12N4O2/c1-8-4-2-3-5-9(8)14-11-7-6-10(16(17)18)12(13)15-11/h2-7H,1H3,(H3,13,14,15). The largest absolute Gasteiger partial charge is 0.378 e. The van der Waals surface area contributed by atoms with Crippen molar-refractivity contribution in [2.24, 2.45) is 0 Å². The minimum Gasteiger partial charge on any atom is -0.378 e. The van der Waals surface area contributed by atoms with Gasteiger partial charge < -0.3 is 11.1 Å². The quantitative estimate of drug-likeness (QED) is 0.639. The molecule has 0 atom stereocenters. The van der Waals surface area contributed by atoms with Gasteiger partial charge in [0.05, 0.1) is 4.92 Å². The van der Waals surface area contributed by atoms with E-state index in [1.807, 2.05) is 31.2 Å². The average molecular weight is 244 g/mol. The van der Waals surface area contributed by atoms with Crippen LogP contribution in [-0.4, -0.2) is 9.91 Å². The van der Waals surface area contributed by atoms with Crippen LogP contribution < -0.4 is 11.1 Å². The first-order valence-electron chi connectivity index (χ1n) is 5.31. The lowest BCUT2D eigenvalue weighted by Gasteiger charge is -2.08. The van der Waals surface area contributed by atoms with Gasteiger partial charge in [0.1, 0.15) is 5.82 Å². The number of para-hydroxylation sites is 1. The molecule has 92 valence electrons. The van der Waals surface area contributed by atoms with E-state index >= 15 is 0 Å². The molecule has 0 radical (unpaired) electrons. The maximum absolute atomic E-state index is 10.6. The second kappa shape index (κ2) is 4.70. The molecular formula is C12H12N4O2. The molecule has 1 aromatic carbocycles. The summed E-state index contributed by atoms with van der Waals surface area (Å²) < 4.78 is 0. The lowest BCUT2D eigenvalue weighted by molar-refractivity contribution is -0.384. The topological polar surface area (TPSA) is 94.1 Å². The first kappa shape index (κ1) is 11.8. The van der Waals surface area contributed by atoms with Gasteiger partial charge in [-0.1, -0.05) is 18.2 Å². The third kappa shape index (κ3) is 2.37. The molecule has 18 heavy (non-hydrogen) atoms. The Labute approximate surface area is 104 Å². The normalized spacial score (nSPS) is 10.1. The predicted octanol–water partition coefficient (Wildman–Crippen LogP) is 2.62. The number of anilines is 3. The van der Waals surface area contributed by atoms with Gasteiger partial charge in [-0.2, -0.15) is 0 Å². The van der Waals surface area contributed by atoms with Gasteiger partial charge in [-0.3, -0.25) is 10.1 Å². The molecule has 0 aliphatic rings. The number of hydrogen-bond acceptors (Lipinski definition) is 5.